The summed E-state index contributed by atoms with van der Waals surface area (Å²) in [5.41, 5.74) is -0.325. The summed E-state index contributed by atoms with van der Waals surface area (Å²) in [6.07, 6.45) is -2.75. The van der Waals surface area contributed by atoms with E-state index < -0.39 is 18.1 Å². The molecular weight excluding hydrogens is 307 g/mol. The van der Waals surface area contributed by atoms with Gasteiger partial charge in [0, 0.05) is 5.69 Å². The maximum atomic E-state index is 12.4. The molecule has 0 aromatic carbocycles. The zero-order chi connectivity index (χ0) is 10.9. The number of carbonyl (C=O) groups is 1. The molecule has 0 aliphatic heterocycles. The molecule has 0 atom stereocenters. The number of carboxylic acid groups (broad SMARTS) is 1. The zero-order valence-corrected chi connectivity index (χ0v) is 9.25. The normalized spacial score (nSPS) is 10.6. The maximum absolute atomic E-state index is 12.4. The maximum Gasteiger partial charge on any atom is 0.336 e. The lowest BCUT2D eigenvalue weighted by atomic mass is 10.2. The lowest BCUT2D eigenvalue weighted by Crippen LogP contribution is -2.07. The Balaban J connectivity index is 3.40. The third kappa shape index (κ3) is 2.17. The Hall–Kier alpha value is -0.790. The number of carboxylic acids is 1. The van der Waals surface area contributed by atoms with E-state index in [1.165, 1.54) is 13.0 Å². The van der Waals surface area contributed by atoms with Crippen LogP contribution in [0.4, 0.5) is 8.78 Å². The second kappa shape index (κ2) is 4.16. The minimum Gasteiger partial charge on any atom is -0.478 e. The van der Waals surface area contributed by atoms with Gasteiger partial charge in [0.05, 0.1) is 9.13 Å². The molecule has 6 heteroatoms. The Kier molecular flexibility index (Phi) is 3.35. The zero-order valence-electron chi connectivity index (χ0n) is 7.09. The largest absolute Gasteiger partial charge is 0.478 e. The highest BCUT2D eigenvalue weighted by Gasteiger charge is 2.20. The number of rotatable bonds is 2. The van der Waals surface area contributed by atoms with Gasteiger partial charge in [0.2, 0.25) is 0 Å². The Morgan fingerprint density at radius 2 is 2.21 bits per heavy atom. The molecule has 1 heterocycles. The summed E-state index contributed by atoms with van der Waals surface area (Å²) in [6, 6.07) is 1.27. The first kappa shape index (κ1) is 11.3. The number of aryl methyl sites for hydroxylation is 1. The molecule has 1 aromatic rings. The minimum absolute atomic E-state index is 0.00398. The summed E-state index contributed by atoms with van der Waals surface area (Å²) in [6.45, 7) is 1.48. The van der Waals surface area contributed by atoms with E-state index >= 15 is 0 Å². The summed E-state index contributed by atoms with van der Waals surface area (Å²) in [5.74, 6) is -1.22. The number of alkyl halides is 2. The van der Waals surface area contributed by atoms with Gasteiger partial charge in [0.1, 0.15) is 5.69 Å². The van der Waals surface area contributed by atoms with Gasteiger partial charge in [-0.3, -0.25) is 4.98 Å². The first-order chi connectivity index (χ1) is 6.43. The standard InChI is InChI=1S/C8H6F2INO2/c1-3-2-4(8(13)14)5(11)6(12-3)7(9)10/h2,7H,1H3,(H,13,14). The predicted molar refractivity (Wildman–Crippen MR) is 53.6 cm³/mol. The van der Waals surface area contributed by atoms with Crippen LogP contribution in [0.15, 0.2) is 6.07 Å². The van der Waals surface area contributed by atoms with E-state index in [4.69, 9.17) is 5.11 Å². The van der Waals surface area contributed by atoms with E-state index in [2.05, 4.69) is 4.98 Å². The van der Waals surface area contributed by atoms with Gasteiger partial charge in [-0.1, -0.05) is 0 Å². The quantitative estimate of drug-likeness (QED) is 0.854. The van der Waals surface area contributed by atoms with Crippen molar-refractivity contribution in [1.29, 1.82) is 0 Å². The highest BCUT2D eigenvalue weighted by molar-refractivity contribution is 14.1. The topological polar surface area (TPSA) is 50.2 Å². The Morgan fingerprint density at radius 3 is 2.64 bits per heavy atom. The molecule has 14 heavy (non-hydrogen) atoms. The van der Waals surface area contributed by atoms with Crippen LogP contribution in [-0.2, 0) is 0 Å². The highest BCUT2D eigenvalue weighted by Crippen LogP contribution is 2.25. The summed E-state index contributed by atoms with van der Waals surface area (Å²) < 4.78 is 24.8. The van der Waals surface area contributed by atoms with Crippen LogP contribution in [0.5, 0.6) is 0 Å². The van der Waals surface area contributed by atoms with Crippen LogP contribution < -0.4 is 0 Å². The van der Waals surface area contributed by atoms with E-state index in [0.717, 1.165) is 0 Å². The lowest BCUT2D eigenvalue weighted by molar-refractivity contribution is 0.0694. The lowest BCUT2D eigenvalue weighted by Gasteiger charge is -2.06. The number of aromatic carboxylic acids is 1. The molecule has 1 N–H and O–H groups in total. The molecule has 0 spiro atoms. The van der Waals surface area contributed by atoms with Crippen molar-refractivity contribution < 1.29 is 18.7 Å². The summed E-state index contributed by atoms with van der Waals surface area (Å²) in [5, 5.41) is 8.72. The molecule has 0 radical (unpaired) electrons. The molecular formula is C8H6F2INO2. The van der Waals surface area contributed by atoms with Crippen molar-refractivity contribution >= 4 is 28.6 Å². The van der Waals surface area contributed by atoms with Gasteiger partial charge in [-0.2, -0.15) is 0 Å². The SMILES string of the molecule is Cc1cc(C(=O)O)c(I)c(C(F)F)n1. The average molecular weight is 313 g/mol. The van der Waals surface area contributed by atoms with E-state index in [0.29, 0.717) is 0 Å². The highest BCUT2D eigenvalue weighted by atomic mass is 127. The fourth-order valence-electron chi connectivity index (χ4n) is 0.982. The number of aromatic nitrogens is 1. The molecule has 0 saturated heterocycles. The minimum atomic E-state index is -2.75. The van der Waals surface area contributed by atoms with Gasteiger partial charge >= 0.3 is 5.97 Å². The first-order valence-corrected chi connectivity index (χ1v) is 4.70. The van der Waals surface area contributed by atoms with Crippen molar-refractivity contribution in [3.63, 3.8) is 0 Å². The molecule has 76 valence electrons. The van der Waals surface area contributed by atoms with Gasteiger partial charge in [-0.05, 0) is 35.6 Å². The molecule has 3 nitrogen and oxygen atoms in total. The van der Waals surface area contributed by atoms with Crippen molar-refractivity contribution in [2.75, 3.05) is 0 Å². The van der Waals surface area contributed by atoms with Gasteiger partial charge in [0.25, 0.3) is 6.43 Å². The van der Waals surface area contributed by atoms with Crippen molar-refractivity contribution in [3.05, 3.63) is 26.6 Å². The Labute approximate surface area is 92.3 Å². The Bertz CT molecular complexity index is 382. The smallest absolute Gasteiger partial charge is 0.336 e. The first-order valence-electron chi connectivity index (χ1n) is 3.62. The van der Waals surface area contributed by atoms with Gasteiger partial charge in [0.15, 0.2) is 0 Å². The number of nitrogens with zero attached hydrogens (tertiary/aromatic N) is 1. The van der Waals surface area contributed by atoms with Crippen molar-refractivity contribution in [2.45, 2.75) is 13.3 Å². The molecule has 1 rings (SSSR count). The number of halogens is 3. The predicted octanol–water partition coefficient (Wildman–Crippen LogP) is 2.63. The van der Waals surface area contributed by atoms with E-state index in [9.17, 15) is 13.6 Å². The van der Waals surface area contributed by atoms with E-state index in [1.54, 1.807) is 22.6 Å². The molecule has 0 unspecified atom stereocenters. The van der Waals surface area contributed by atoms with Crippen molar-refractivity contribution in [1.82, 2.24) is 4.98 Å². The van der Waals surface area contributed by atoms with Crippen LogP contribution in [0.3, 0.4) is 0 Å². The summed E-state index contributed by atoms with van der Waals surface area (Å²) >= 11 is 1.56. The van der Waals surface area contributed by atoms with Crippen LogP contribution >= 0.6 is 22.6 Å². The molecule has 0 fully saturated rings. The van der Waals surface area contributed by atoms with Gasteiger partial charge in [-0.25, -0.2) is 13.6 Å². The fraction of sp³-hybridized carbons (Fsp3) is 0.250. The second-order valence-electron chi connectivity index (χ2n) is 2.62. The number of pyridine rings is 1. The second-order valence-corrected chi connectivity index (χ2v) is 3.70. The fourth-order valence-corrected chi connectivity index (χ4v) is 1.72. The van der Waals surface area contributed by atoms with Gasteiger partial charge < -0.3 is 5.11 Å². The third-order valence-corrected chi connectivity index (χ3v) is 2.68. The molecule has 0 bridgehead atoms. The van der Waals surface area contributed by atoms with Crippen LogP contribution in [0.25, 0.3) is 0 Å². The number of hydrogen-bond acceptors (Lipinski definition) is 2. The van der Waals surface area contributed by atoms with E-state index in [1.807, 2.05) is 0 Å². The van der Waals surface area contributed by atoms with Crippen LogP contribution in [-0.4, -0.2) is 16.1 Å². The van der Waals surface area contributed by atoms with Crippen molar-refractivity contribution in [3.8, 4) is 0 Å². The van der Waals surface area contributed by atoms with E-state index in [-0.39, 0.29) is 14.8 Å². The molecule has 0 aliphatic carbocycles. The molecule has 0 amide bonds. The van der Waals surface area contributed by atoms with Crippen molar-refractivity contribution in [2.24, 2.45) is 0 Å². The average Bonchev–Trinajstić information content (AvgIpc) is 2.07. The van der Waals surface area contributed by atoms with Gasteiger partial charge in [-0.15, -0.1) is 0 Å². The summed E-state index contributed by atoms with van der Waals surface area (Å²) in [7, 11) is 0. The number of hydrogen-bond donors (Lipinski definition) is 1. The van der Waals surface area contributed by atoms with Crippen LogP contribution in [0.1, 0.15) is 28.2 Å². The van der Waals surface area contributed by atoms with Crippen LogP contribution in [0, 0.1) is 10.5 Å². The monoisotopic (exact) mass is 313 g/mol. The summed E-state index contributed by atoms with van der Waals surface area (Å²) in [4.78, 5) is 14.3. The Morgan fingerprint density at radius 1 is 1.64 bits per heavy atom. The molecule has 0 aliphatic rings. The third-order valence-electron chi connectivity index (χ3n) is 1.55. The van der Waals surface area contributed by atoms with Crippen LogP contribution in [0.2, 0.25) is 0 Å². The molecule has 1 aromatic heterocycles. The molecule has 0 saturated carbocycles.